The molecule has 3 aromatic carbocycles. The number of rotatable bonds is 9. The van der Waals surface area contributed by atoms with Crippen molar-refractivity contribution >= 4 is 40.5 Å². The van der Waals surface area contributed by atoms with Crippen molar-refractivity contribution in [1.82, 2.24) is 9.88 Å². The number of barbiturate groups is 1. The number of benzene rings is 3. The minimum Gasteiger partial charge on any atom is -0.497 e. The van der Waals surface area contributed by atoms with Gasteiger partial charge in [-0.3, -0.25) is 14.9 Å². The first-order valence-electron chi connectivity index (χ1n) is 12.8. The fraction of sp³-hybridized carbons (Fsp3) is 0.194. The predicted octanol–water partition coefficient (Wildman–Crippen LogP) is 5.35. The molecular weight excluding hydrogens is 494 g/mol. The van der Waals surface area contributed by atoms with Crippen LogP contribution in [0.15, 0.2) is 84.6 Å². The number of imide groups is 2. The van der Waals surface area contributed by atoms with Crippen LogP contribution in [0.2, 0.25) is 0 Å². The summed E-state index contributed by atoms with van der Waals surface area (Å²) in [5, 5.41) is 3.20. The molecule has 0 aliphatic carbocycles. The van der Waals surface area contributed by atoms with Crippen LogP contribution in [-0.2, 0) is 22.6 Å². The third-order valence-electron chi connectivity index (χ3n) is 6.68. The van der Waals surface area contributed by atoms with Gasteiger partial charge in [0.05, 0.1) is 19.4 Å². The van der Waals surface area contributed by atoms with Crippen molar-refractivity contribution in [3.8, 4) is 11.5 Å². The van der Waals surface area contributed by atoms with E-state index in [0.29, 0.717) is 24.4 Å². The van der Waals surface area contributed by atoms with Crippen LogP contribution in [0, 0.1) is 0 Å². The lowest BCUT2D eigenvalue weighted by molar-refractivity contribution is -0.122. The number of carbonyl (C=O) groups is 3. The molecule has 1 aliphatic rings. The quantitative estimate of drug-likeness (QED) is 0.182. The summed E-state index contributed by atoms with van der Waals surface area (Å²) in [5.74, 6) is 0.106. The molecule has 5 rings (SSSR count). The van der Waals surface area contributed by atoms with E-state index in [2.05, 4.69) is 9.88 Å². The fourth-order valence-electron chi connectivity index (χ4n) is 4.62. The van der Waals surface area contributed by atoms with Crippen LogP contribution >= 0.6 is 0 Å². The topological polar surface area (TPSA) is 89.9 Å². The van der Waals surface area contributed by atoms with E-state index in [1.165, 1.54) is 0 Å². The summed E-state index contributed by atoms with van der Waals surface area (Å²) < 4.78 is 13.2. The Bertz CT molecular complexity index is 1570. The van der Waals surface area contributed by atoms with Gasteiger partial charge in [-0.15, -0.1) is 0 Å². The zero-order valence-electron chi connectivity index (χ0n) is 21.8. The Balaban J connectivity index is 1.37. The number of carbonyl (C=O) groups excluding carboxylic acids is 3. The number of para-hydroxylation sites is 1. The highest BCUT2D eigenvalue weighted by Gasteiger charge is 2.37. The molecule has 0 spiro atoms. The molecule has 1 fully saturated rings. The molecule has 0 radical (unpaired) electrons. The van der Waals surface area contributed by atoms with Crippen molar-refractivity contribution in [2.24, 2.45) is 0 Å². The number of methoxy groups -OCH3 is 1. The second kappa shape index (κ2) is 11.3. The molecule has 198 valence electrons. The zero-order chi connectivity index (χ0) is 27.4. The van der Waals surface area contributed by atoms with Gasteiger partial charge in [-0.25, -0.2) is 9.69 Å². The highest BCUT2D eigenvalue weighted by atomic mass is 16.5. The SMILES string of the molecule is CCc1ccc(N2C(=O)NC(=O)C(=Cc3cn(CCCOc4cccc(OC)c4)c4ccccc34)C2=O)cc1. The maximum atomic E-state index is 13.4. The van der Waals surface area contributed by atoms with Crippen molar-refractivity contribution < 1.29 is 23.9 Å². The van der Waals surface area contributed by atoms with E-state index in [1.54, 1.807) is 25.3 Å². The number of hydrogen-bond acceptors (Lipinski definition) is 5. The smallest absolute Gasteiger partial charge is 0.335 e. The first kappa shape index (κ1) is 25.8. The van der Waals surface area contributed by atoms with Crippen molar-refractivity contribution in [2.45, 2.75) is 26.3 Å². The molecule has 1 saturated heterocycles. The summed E-state index contributed by atoms with van der Waals surface area (Å²) >= 11 is 0. The van der Waals surface area contributed by atoms with Crippen LogP contribution in [-0.4, -0.2) is 36.1 Å². The predicted molar refractivity (Wildman–Crippen MR) is 150 cm³/mol. The maximum Gasteiger partial charge on any atom is 0.335 e. The Morgan fingerprint density at radius 2 is 1.69 bits per heavy atom. The number of amides is 4. The van der Waals surface area contributed by atoms with E-state index >= 15 is 0 Å². The van der Waals surface area contributed by atoms with Crippen LogP contribution in [0.25, 0.3) is 17.0 Å². The number of nitrogens with one attached hydrogen (secondary N) is 1. The minimum atomic E-state index is -0.759. The monoisotopic (exact) mass is 523 g/mol. The number of urea groups is 1. The molecule has 0 unspecified atom stereocenters. The molecule has 4 aromatic rings. The van der Waals surface area contributed by atoms with Gasteiger partial charge in [-0.1, -0.05) is 43.3 Å². The molecule has 2 heterocycles. The van der Waals surface area contributed by atoms with E-state index in [9.17, 15) is 14.4 Å². The largest absolute Gasteiger partial charge is 0.497 e. The van der Waals surface area contributed by atoms with Gasteiger partial charge in [0.1, 0.15) is 17.1 Å². The summed E-state index contributed by atoms with van der Waals surface area (Å²) in [6, 6.07) is 21.7. The van der Waals surface area contributed by atoms with Crippen LogP contribution in [0.3, 0.4) is 0 Å². The molecule has 8 heteroatoms. The first-order valence-corrected chi connectivity index (χ1v) is 12.8. The Hall–Kier alpha value is -4.85. The average molecular weight is 524 g/mol. The normalized spacial score (nSPS) is 14.7. The number of anilines is 1. The lowest BCUT2D eigenvalue weighted by Crippen LogP contribution is -2.54. The summed E-state index contributed by atoms with van der Waals surface area (Å²) in [4.78, 5) is 39.7. The Kier molecular flexibility index (Phi) is 7.45. The number of hydrogen-bond donors (Lipinski definition) is 1. The molecule has 1 aromatic heterocycles. The number of nitrogens with zero attached hydrogens (tertiary/aromatic N) is 2. The summed E-state index contributed by atoms with van der Waals surface area (Å²) in [5.41, 5.74) is 3.08. The molecule has 0 bridgehead atoms. The molecule has 1 aliphatic heterocycles. The van der Waals surface area contributed by atoms with Crippen molar-refractivity contribution in [3.05, 3.63) is 95.7 Å². The lowest BCUT2D eigenvalue weighted by atomic mass is 10.1. The van der Waals surface area contributed by atoms with Gasteiger partial charge in [0.25, 0.3) is 11.8 Å². The average Bonchev–Trinajstić information content (AvgIpc) is 3.31. The molecule has 1 N–H and O–H groups in total. The standard InChI is InChI=1S/C31H29N3O5/c1-3-21-12-14-23(15-13-21)34-30(36)27(29(35)32-31(34)37)18-22-20-33(28-11-5-4-10-26(22)28)16-7-17-39-25-9-6-8-24(19-25)38-2/h4-6,8-15,18-20H,3,7,16-17H2,1-2H3,(H,32,35,37). The van der Waals surface area contributed by atoms with Crippen LogP contribution in [0.4, 0.5) is 10.5 Å². The van der Waals surface area contributed by atoms with E-state index in [-0.39, 0.29) is 5.57 Å². The van der Waals surface area contributed by atoms with Crippen LogP contribution in [0.1, 0.15) is 24.5 Å². The lowest BCUT2D eigenvalue weighted by Gasteiger charge is -2.26. The number of aromatic nitrogens is 1. The van der Waals surface area contributed by atoms with E-state index < -0.39 is 17.8 Å². The Morgan fingerprint density at radius 1 is 0.923 bits per heavy atom. The summed E-state index contributed by atoms with van der Waals surface area (Å²) in [6.07, 6.45) is 5.05. The minimum absolute atomic E-state index is 0.0987. The number of ether oxygens (including phenoxy) is 2. The Morgan fingerprint density at radius 3 is 2.46 bits per heavy atom. The van der Waals surface area contributed by atoms with Gasteiger partial charge in [-0.05, 0) is 54.8 Å². The molecule has 0 saturated carbocycles. The van der Waals surface area contributed by atoms with Crippen molar-refractivity contribution in [2.75, 3.05) is 18.6 Å². The van der Waals surface area contributed by atoms with E-state index in [0.717, 1.165) is 45.7 Å². The van der Waals surface area contributed by atoms with Gasteiger partial charge >= 0.3 is 6.03 Å². The fourth-order valence-corrected chi connectivity index (χ4v) is 4.62. The van der Waals surface area contributed by atoms with Crippen molar-refractivity contribution in [3.63, 3.8) is 0 Å². The maximum absolute atomic E-state index is 13.4. The van der Waals surface area contributed by atoms with E-state index in [4.69, 9.17) is 9.47 Å². The van der Waals surface area contributed by atoms with Gasteiger partial charge < -0.3 is 14.0 Å². The molecule has 8 nitrogen and oxygen atoms in total. The van der Waals surface area contributed by atoms with Gasteiger partial charge in [0, 0.05) is 35.3 Å². The molecular formula is C31H29N3O5. The van der Waals surface area contributed by atoms with Crippen LogP contribution in [0.5, 0.6) is 11.5 Å². The van der Waals surface area contributed by atoms with Gasteiger partial charge in [0.15, 0.2) is 0 Å². The van der Waals surface area contributed by atoms with Crippen molar-refractivity contribution in [1.29, 1.82) is 0 Å². The zero-order valence-corrected chi connectivity index (χ0v) is 21.8. The van der Waals surface area contributed by atoms with Gasteiger partial charge in [-0.2, -0.15) is 0 Å². The highest BCUT2D eigenvalue weighted by Crippen LogP contribution is 2.27. The number of aryl methyl sites for hydroxylation is 2. The second-order valence-electron chi connectivity index (χ2n) is 9.15. The summed E-state index contributed by atoms with van der Waals surface area (Å²) in [7, 11) is 1.62. The highest BCUT2D eigenvalue weighted by molar-refractivity contribution is 6.39. The van der Waals surface area contributed by atoms with Crippen LogP contribution < -0.4 is 19.7 Å². The third kappa shape index (κ3) is 5.40. The molecule has 39 heavy (non-hydrogen) atoms. The third-order valence-corrected chi connectivity index (χ3v) is 6.68. The summed E-state index contributed by atoms with van der Waals surface area (Å²) in [6.45, 7) is 3.20. The van der Waals surface area contributed by atoms with Gasteiger partial charge in [0.2, 0.25) is 0 Å². The Labute approximate surface area is 226 Å². The first-order chi connectivity index (χ1) is 19.0. The molecule has 4 amide bonds. The number of fused-ring (bicyclic) bond motifs is 1. The second-order valence-corrected chi connectivity index (χ2v) is 9.15. The van der Waals surface area contributed by atoms with E-state index in [1.807, 2.05) is 73.8 Å². The molecule has 0 atom stereocenters.